The van der Waals surface area contributed by atoms with Crippen LogP contribution in [0.2, 0.25) is 0 Å². The minimum absolute atomic E-state index is 0.882. The molecule has 2 aromatic rings. The molecule has 0 saturated carbocycles. The molecule has 0 aliphatic rings. The Kier molecular flexibility index (Phi) is 7.84. The molecule has 0 radical (unpaired) electrons. The molecule has 1 aromatic heterocycles. The molecule has 0 aliphatic heterocycles. The summed E-state index contributed by atoms with van der Waals surface area (Å²) in [4.78, 5) is 3.33. The lowest BCUT2D eigenvalue weighted by Crippen LogP contribution is -1.86. The van der Waals surface area contributed by atoms with Gasteiger partial charge in [-0.3, -0.25) is 0 Å². The van der Waals surface area contributed by atoms with Crippen molar-refractivity contribution in [1.82, 2.24) is 4.98 Å². The Balaban J connectivity index is 0.00000116. The van der Waals surface area contributed by atoms with Crippen molar-refractivity contribution in [3.63, 3.8) is 0 Å². The lowest BCUT2D eigenvalue weighted by atomic mass is 10.1. The molecule has 1 heterocycles. The second-order valence-electron chi connectivity index (χ2n) is 4.56. The number of aromatic nitrogens is 1. The van der Waals surface area contributed by atoms with E-state index in [4.69, 9.17) is 4.74 Å². The predicted molar refractivity (Wildman–Crippen MR) is 97.2 cm³/mol. The van der Waals surface area contributed by atoms with Gasteiger partial charge in [-0.2, -0.15) is 0 Å². The molecule has 0 unspecified atom stereocenters. The number of rotatable bonds is 5. The second kappa shape index (κ2) is 9.67. The number of hydrogen-bond donors (Lipinski definition) is 1. The van der Waals surface area contributed by atoms with Crippen molar-refractivity contribution in [1.29, 1.82) is 0 Å². The van der Waals surface area contributed by atoms with Gasteiger partial charge < -0.3 is 9.72 Å². The third kappa shape index (κ3) is 4.39. The molecule has 118 valence electrons. The summed E-state index contributed by atoms with van der Waals surface area (Å²) >= 11 is 0. The monoisotopic (exact) mass is 297 g/mol. The van der Waals surface area contributed by atoms with Crippen molar-refractivity contribution >= 4 is 5.57 Å². The lowest BCUT2D eigenvalue weighted by molar-refractivity contribution is 0.416. The molecule has 1 N–H and O–H groups in total. The van der Waals surface area contributed by atoms with Gasteiger partial charge in [0.25, 0.3) is 0 Å². The van der Waals surface area contributed by atoms with Gasteiger partial charge in [-0.15, -0.1) is 0 Å². The Morgan fingerprint density at radius 1 is 1.23 bits per heavy atom. The number of allylic oxidation sites excluding steroid dienone is 4. The second-order valence-corrected chi connectivity index (χ2v) is 4.56. The number of nitrogens with one attached hydrogen (secondary N) is 1. The van der Waals surface area contributed by atoms with E-state index >= 15 is 0 Å². The van der Waals surface area contributed by atoms with Crippen LogP contribution in [0.3, 0.4) is 0 Å². The molecule has 0 amide bonds. The summed E-state index contributed by atoms with van der Waals surface area (Å²) in [5.74, 6) is 0.882. The minimum atomic E-state index is 0.882. The summed E-state index contributed by atoms with van der Waals surface area (Å²) < 4.78 is 5.41. The largest absolute Gasteiger partial charge is 0.496 e. The van der Waals surface area contributed by atoms with Crippen LogP contribution in [0.4, 0.5) is 0 Å². The van der Waals surface area contributed by atoms with Crippen LogP contribution in [0.15, 0.2) is 54.8 Å². The minimum Gasteiger partial charge on any atom is -0.496 e. The zero-order chi connectivity index (χ0) is 16.4. The highest BCUT2D eigenvalue weighted by atomic mass is 16.5. The first kappa shape index (κ1) is 17.8. The van der Waals surface area contributed by atoms with Crippen molar-refractivity contribution in [2.45, 2.75) is 34.1 Å². The van der Waals surface area contributed by atoms with Gasteiger partial charge in [-0.25, -0.2) is 0 Å². The van der Waals surface area contributed by atoms with Crippen LogP contribution >= 0.6 is 0 Å². The zero-order valence-corrected chi connectivity index (χ0v) is 14.3. The van der Waals surface area contributed by atoms with Gasteiger partial charge in [0.15, 0.2) is 0 Å². The first-order valence-corrected chi connectivity index (χ1v) is 7.95. The normalized spacial score (nSPS) is 11.2. The van der Waals surface area contributed by atoms with Gasteiger partial charge in [0.2, 0.25) is 0 Å². The van der Waals surface area contributed by atoms with E-state index in [0.29, 0.717) is 0 Å². The molecule has 2 rings (SSSR count). The fourth-order valence-corrected chi connectivity index (χ4v) is 2.19. The van der Waals surface area contributed by atoms with Crippen LogP contribution in [0, 0.1) is 0 Å². The highest BCUT2D eigenvalue weighted by Crippen LogP contribution is 2.30. The number of benzene rings is 1. The summed E-state index contributed by atoms with van der Waals surface area (Å²) in [6, 6.07) is 10.2. The molecule has 0 bridgehead atoms. The Morgan fingerprint density at radius 3 is 2.59 bits per heavy atom. The van der Waals surface area contributed by atoms with E-state index in [-0.39, 0.29) is 0 Å². The molecule has 1 aromatic carbocycles. The topological polar surface area (TPSA) is 25.0 Å². The van der Waals surface area contributed by atoms with Crippen LogP contribution in [0.5, 0.6) is 5.75 Å². The van der Waals surface area contributed by atoms with Gasteiger partial charge in [0.1, 0.15) is 5.75 Å². The summed E-state index contributed by atoms with van der Waals surface area (Å²) in [5.41, 5.74) is 4.57. The van der Waals surface area contributed by atoms with Gasteiger partial charge in [-0.05, 0) is 42.7 Å². The van der Waals surface area contributed by atoms with Crippen LogP contribution in [-0.2, 0) is 0 Å². The summed E-state index contributed by atoms with van der Waals surface area (Å²) in [5, 5.41) is 0. The Bertz CT molecular complexity index is 620. The maximum absolute atomic E-state index is 5.41. The number of H-pyrrole nitrogens is 1. The standard InChI is InChI=1S/C18H21NO.C2H6/c1-4-6-9-14(5-2)15-12-17(19-13-15)16-10-7-8-11-18(16)20-3;1-2/h5-13,19H,4H2,1-3H3;1-2H3/b9-6-,14-5+;. The highest BCUT2D eigenvalue weighted by molar-refractivity contribution is 5.78. The Labute approximate surface area is 134 Å². The lowest BCUT2D eigenvalue weighted by Gasteiger charge is -2.05. The van der Waals surface area contributed by atoms with Crippen molar-refractivity contribution in [2.24, 2.45) is 0 Å². The number of aromatic amines is 1. The maximum Gasteiger partial charge on any atom is 0.128 e. The van der Waals surface area contributed by atoms with Crippen LogP contribution in [0.25, 0.3) is 16.8 Å². The fourth-order valence-electron chi connectivity index (χ4n) is 2.19. The average molecular weight is 297 g/mol. The van der Waals surface area contributed by atoms with Crippen molar-refractivity contribution < 1.29 is 4.74 Å². The maximum atomic E-state index is 5.41. The molecule has 0 saturated heterocycles. The van der Waals surface area contributed by atoms with Crippen LogP contribution in [-0.4, -0.2) is 12.1 Å². The first-order valence-electron chi connectivity index (χ1n) is 7.95. The fraction of sp³-hybridized carbons (Fsp3) is 0.300. The van der Waals surface area contributed by atoms with Gasteiger partial charge >= 0.3 is 0 Å². The number of hydrogen-bond acceptors (Lipinski definition) is 1. The van der Waals surface area contributed by atoms with Gasteiger partial charge in [-0.1, -0.05) is 51.1 Å². The highest BCUT2D eigenvalue weighted by Gasteiger charge is 2.08. The molecular formula is C20H27NO. The van der Waals surface area contributed by atoms with E-state index in [9.17, 15) is 0 Å². The molecule has 2 heteroatoms. The van der Waals surface area contributed by atoms with E-state index in [0.717, 1.165) is 23.4 Å². The van der Waals surface area contributed by atoms with Crippen LogP contribution in [0.1, 0.15) is 39.7 Å². The molecule has 0 aliphatic carbocycles. The SMILES string of the molecule is C/C=C(\C=C/CC)c1c[nH]c(-c2ccccc2OC)c1.CC. The van der Waals surface area contributed by atoms with Crippen molar-refractivity contribution in [2.75, 3.05) is 7.11 Å². The predicted octanol–water partition coefficient (Wildman–Crippen LogP) is 6.09. The van der Waals surface area contributed by atoms with Gasteiger partial charge in [0.05, 0.1) is 7.11 Å². The molecular weight excluding hydrogens is 270 g/mol. The summed E-state index contributed by atoms with van der Waals surface area (Å²) in [7, 11) is 1.70. The van der Waals surface area contributed by atoms with Crippen LogP contribution < -0.4 is 4.74 Å². The average Bonchev–Trinajstić information content (AvgIpc) is 3.07. The number of para-hydroxylation sites is 1. The van der Waals surface area contributed by atoms with Crippen molar-refractivity contribution in [3.8, 4) is 17.0 Å². The number of methoxy groups -OCH3 is 1. The summed E-state index contributed by atoms with van der Waals surface area (Å²) in [6.45, 7) is 8.20. The molecule has 0 atom stereocenters. The molecule has 0 spiro atoms. The first-order chi connectivity index (χ1) is 10.8. The van der Waals surface area contributed by atoms with E-state index in [1.807, 2.05) is 38.2 Å². The molecule has 2 nitrogen and oxygen atoms in total. The Hall–Kier alpha value is -2.22. The quantitative estimate of drug-likeness (QED) is 0.664. The third-order valence-electron chi connectivity index (χ3n) is 3.26. The zero-order valence-electron chi connectivity index (χ0n) is 14.3. The molecule has 0 fully saturated rings. The van der Waals surface area contributed by atoms with Crippen molar-refractivity contribution in [3.05, 3.63) is 60.3 Å². The smallest absolute Gasteiger partial charge is 0.128 e. The van der Waals surface area contributed by atoms with E-state index in [1.54, 1.807) is 7.11 Å². The van der Waals surface area contributed by atoms with E-state index < -0.39 is 0 Å². The summed E-state index contributed by atoms with van der Waals surface area (Å²) in [6.07, 6.45) is 9.54. The molecule has 22 heavy (non-hydrogen) atoms. The Morgan fingerprint density at radius 2 is 1.95 bits per heavy atom. The number of ether oxygens (including phenoxy) is 1. The third-order valence-corrected chi connectivity index (χ3v) is 3.26. The van der Waals surface area contributed by atoms with E-state index in [2.05, 4.69) is 49.2 Å². The van der Waals surface area contributed by atoms with Gasteiger partial charge in [0, 0.05) is 17.5 Å². The van der Waals surface area contributed by atoms with E-state index in [1.165, 1.54) is 11.1 Å².